The number of hydrogen-bond acceptors (Lipinski definition) is 5. The molecule has 142 valence electrons. The number of aromatic nitrogens is 2. The molecule has 0 saturated heterocycles. The van der Waals surface area contributed by atoms with Gasteiger partial charge in [0.2, 0.25) is 0 Å². The number of phenols is 2. The molecular formula is C22H20N2O4. The Morgan fingerprint density at radius 3 is 2.25 bits per heavy atom. The molecule has 0 atom stereocenters. The molecule has 0 fully saturated rings. The Kier molecular flexibility index (Phi) is 4.53. The van der Waals surface area contributed by atoms with Gasteiger partial charge in [0, 0.05) is 5.56 Å². The highest BCUT2D eigenvalue weighted by Crippen LogP contribution is 2.39. The van der Waals surface area contributed by atoms with Crippen LogP contribution in [0.4, 0.5) is 0 Å². The SMILES string of the molecule is COc1c(O)cccc1Cn1c(-c2cccc(O)c2OC)nc2ccccc21. The van der Waals surface area contributed by atoms with E-state index in [-0.39, 0.29) is 11.5 Å². The second kappa shape index (κ2) is 7.15. The van der Waals surface area contributed by atoms with Crippen molar-refractivity contribution in [2.45, 2.75) is 6.54 Å². The maximum Gasteiger partial charge on any atom is 0.171 e. The first-order chi connectivity index (χ1) is 13.6. The number of nitrogens with zero attached hydrogens (tertiary/aromatic N) is 2. The number of imidazole rings is 1. The van der Waals surface area contributed by atoms with Gasteiger partial charge in [0.15, 0.2) is 23.0 Å². The molecule has 6 nitrogen and oxygen atoms in total. The van der Waals surface area contributed by atoms with Gasteiger partial charge in [-0.05, 0) is 30.3 Å². The van der Waals surface area contributed by atoms with Crippen LogP contribution in [0.5, 0.6) is 23.0 Å². The molecule has 0 unspecified atom stereocenters. The predicted octanol–water partition coefficient (Wildman–Crippen LogP) is 4.18. The molecule has 4 rings (SSSR count). The molecule has 0 aliphatic rings. The lowest BCUT2D eigenvalue weighted by Crippen LogP contribution is -2.05. The van der Waals surface area contributed by atoms with Crippen LogP contribution in [0.25, 0.3) is 22.4 Å². The summed E-state index contributed by atoms with van der Waals surface area (Å²) in [6.07, 6.45) is 0. The lowest BCUT2D eigenvalue weighted by Gasteiger charge is -2.15. The van der Waals surface area contributed by atoms with Crippen molar-refractivity contribution in [2.24, 2.45) is 0 Å². The van der Waals surface area contributed by atoms with Crippen LogP contribution in [0.15, 0.2) is 60.7 Å². The van der Waals surface area contributed by atoms with E-state index in [0.717, 1.165) is 16.6 Å². The van der Waals surface area contributed by atoms with E-state index in [1.807, 2.05) is 41.0 Å². The average Bonchev–Trinajstić information content (AvgIpc) is 3.06. The number of rotatable bonds is 5. The van der Waals surface area contributed by atoms with Crippen LogP contribution >= 0.6 is 0 Å². The lowest BCUT2D eigenvalue weighted by molar-refractivity contribution is 0.368. The number of fused-ring (bicyclic) bond motifs is 1. The van der Waals surface area contributed by atoms with Gasteiger partial charge < -0.3 is 24.3 Å². The van der Waals surface area contributed by atoms with Gasteiger partial charge in [0.05, 0.1) is 37.4 Å². The van der Waals surface area contributed by atoms with Gasteiger partial charge in [-0.1, -0.05) is 30.3 Å². The van der Waals surface area contributed by atoms with Crippen LogP contribution in [-0.2, 0) is 6.54 Å². The number of para-hydroxylation sites is 4. The maximum absolute atomic E-state index is 10.2. The number of phenolic OH excluding ortho intramolecular Hbond substituents is 2. The van der Waals surface area contributed by atoms with Crippen molar-refractivity contribution in [3.63, 3.8) is 0 Å². The minimum Gasteiger partial charge on any atom is -0.504 e. The van der Waals surface area contributed by atoms with Gasteiger partial charge in [-0.25, -0.2) is 4.98 Å². The van der Waals surface area contributed by atoms with Crippen molar-refractivity contribution >= 4 is 11.0 Å². The minimum absolute atomic E-state index is 0.0496. The molecule has 0 saturated carbocycles. The molecule has 4 aromatic rings. The quantitative estimate of drug-likeness (QED) is 0.546. The molecule has 6 heteroatoms. The van der Waals surface area contributed by atoms with E-state index < -0.39 is 0 Å². The Balaban J connectivity index is 1.95. The van der Waals surface area contributed by atoms with E-state index >= 15 is 0 Å². The van der Waals surface area contributed by atoms with E-state index in [1.54, 1.807) is 24.3 Å². The Morgan fingerprint density at radius 1 is 0.821 bits per heavy atom. The van der Waals surface area contributed by atoms with Crippen molar-refractivity contribution in [3.05, 3.63) is 66.2 Å². The molecule has 28 heavy (non-hydrogen) atoms. The van der Waals surface area contributed by atoms with E-state index in [2.05, 4.69) is 0 Å². The van der Waals surface area contributed by atoms with Crippen molar-refractivity contribution < 1.29 is 19.7 Å². The Morgan fingerprint density at radius 2 is 1.50 bits per heavy atom. The molecule has 2 N–H and O–H groups in total. The van der Waals surface area contributed by atoms with E-state index in [0.29, 0.717) is 29.4 Å². The summed E-state index contributed by atoms with van der Waals surface area (Å²) in [5.41, 5.74) is 3.24. The molecule has 0 spiro atoms. The Labute approximate surface area is 162 Å². The number of methoxy groups -OCH3 is 2. The molecule has 0 radical (unpaired) electrons. The van der Waals surface area contributed by atoms with Crippen molar-refractivity contribution in [2.75, 3.05) is 14.2 Å². The summed E-state index contributed by atoms with van der Waals surface area (Å²) in [4.78, 5) is 4.78. The standard InChI is InChI=1S/C22H20N2O4/c1-27-20-14(7-5-11-18(20)25)13-24-17-10-4-3-9-16(17)23-22(24)15-8-6-12-19(26)21(15)28-2/h3-12,25-26H,13H2,1-2H3. The summed E-state index contributed by atoms with van der Waals surface area (Å²) in [5.74, 6) is 1.57. The summed E-state index contributed by atoms with van der Waals surface area (Å²) in [6.45, 7) is 0.423. The summed E-state index contributed by atoms with van der Waals surface area (Å²) < 4.78 is 12.8. The zero-order valence-corrected chi connectivity index (χ0v) is 15.6. The van der Waals surface area contributed by atoms with Crippen molar-refractivity contribution in [1.29, 1.82) is 0 Å². The second-order valence-corrected chi connectivity index (χ2v) is 6.34. The van der Waals surface area contributed by atoms with Crippen LogP contribution in [0.1, 0.15) is 5.56 Å². The van der Waals surface area contributed by atoms with Gasteiger partial charge in [-0.15, -0.1) is 0 Å². The van der Waals surface area contributed by atoms with Gasteiger partial charge >= 0.3 is 0 Å². The molecule has 0 aliphatic carbocycles. The first kappa shape index (κ1) is 17.7. The lowest BCUT2D eigenvalue weighted by atomic mass is 10.1. The molecule has 0 amide bonds. The van der Waals surface area contributed by atoms with Crippen LogP contribution in [0.2, 0.25) is 0 Å². The zero-order valence-electron chi connectivity index (χ0n) is 15.6. The number of aromatic hydroxyl groups is 2. The number of ether oxygens (including phenoxy) is 2. The normalized spacial score (nSPS) is 10.9. The molecule has 1 heterocycles. The minimum atomic E-state index is 0.0496. The van der Waals surface area contributed by atoms with Crippen LogP contribution < -0.4 is 9.47 Å². The van der Waals surface area contributed by atoms with Gasteiger partial charge in [0.25, 0.3) is 0 Å². The third-order valence-corrected chi connectivity index (χ3v) is 4.70. The van der Waals surface area contributed by atoms with E-state index in [1.165, 1.54) is 14.2 Å². The Bertz CT molecular complexity index is 1150. The average molecular weight is 376 g/mol. The first-order valence-electron chi connectivity index (χ1n) is 8.80. The summed E-state index contributed by atoms with van der Waals surface area (Å²) >= 11 is 0. The second-order valence-electron chi connectivity index (χ2n) is 6.34. The van der Waals surface area contributed by atoms with Crippen LogP contribution in [0.3, 0.4) is 0 Å². The Hall–Kier alpha value is -3.67. The van der Waals surface area contributed by atoms with Gasteiger partial charge in [-0.2, -0.15) is 0 Å². The van der Waals surface area contributed by atoms with E-state index in [4.69, 9.17) is 14.5 Å². The molecular weight excluding hydrogens is 356 g/mol. The topological polar surface area (TPSA) is 76.7 Å². The molecule has 0 aliphatic heterocycles. The molecule has 1 aromatic heterocycles. The molecule has 0 bridgehead atoms. The highest BCUT2D eigenvalue weighted by molar-refractivity contribution is 5.83. The largest absolute Gasteiger partial charge is 0.504 e. The van der Waals surface area contributed by atoms with Gasteiger partial charge in [0.1, 0.15) is 5.82 Å². The molecule has 3 aromatic carbocycles. The van der Waals surface area contributed by atoms with Crippen molar-refractivity contribution in [1.82, 2.24) is 9.55 Å². The van der Waals surface area contributed by atoms with Crippen LogP contribution in [-0.4, -0.2) is 34.0 Å². The smallest absolute Gasteiger partial charge is 0.171 e. The number of hydrogen-bond donors (Lipinski definition) is 2. The fourth-order valence-corrected chi connectivity index (χ4v) is 3.46. The third kappa shape index (κ3) is 2.89. The highest BCUT2D eigenvalue weighted by Gasteiger charge is 2.20. The number of benzene rings is 3. The zero-order chi connectivity index (χ0) is 19.7. The monoisotopic (exact) mass is 376 g/mol. The summed E-state index contributed by atoms with van der Waals surface area (Å²) in [5, 5.41) is 20.3. The first-order valence-corrected chi connectivity index (χ1v) is 8.80. The fourth-order valence-electron chi connectivity index (χ4n) is 3.46. The fraction of sp³-hybridized carbons (Fsp3) is 0.136. The third-order valence-electron chi connectivity index (χ3n) is 4.70. The van der Waals surface area contributed by atoms with E-state index in [9.17, 15) is 10.2 Å². The summed E-state index contributed by atoms with van der Waals surface area (Å²) in [7, 11) is 3.05. The van der Waals surface area contributed by atoms with Gasteiger partial charge in [-0.3, -0.25) is 0 Å². The summed E-state index contributed by atoms with van der Waals surface area (Å²) in [6, 6.07) is 18.3. The maximum atomic E-state index is 10.2. The predicted molar refractivity (Wildman–Crippen MR) is 107 cm³/mol. The highest BCUT2D eigenvalue weighted by atomic mass is 16.5. The van der Waals surface area contributed by atoms with Crippen molar-refractivity contribution in [3.8, 4) is 34.4 Å². The van der Waals surface area contributed by atoms with Crippen LogP contribution in [0, 0.1) is 0 Å².